The molecule has 0 fully saturated rings. The number of hydrogen-bond donors (Lipinski definition) is 2. The Hall–Kier alpha value is -4.15. The van der Waals surface area contributed by atoms with Crippen molar-refractivity contribution in [2.45, 2.75) is 6.92 Å². The maximum Gasteiger partial charge on any atom is 0.186 e. The third-order valence-corrected chi connectivity index (χ3v) is 7.36. The number of hydrogen-bond acceptors (Lipinski definition) is 7. The lowest BCUT2D eigenvalue weighted by Crippen LogP contribution is -2.00. The summed E-state index contributed by atoms with van der Waals surface area (Å²) in [5.74, 6) is -0.121. The van der Waals surface area contributed by atoms with E-state index < -0.39 is 0 Å². The second-order valence-corrected chi connectivity index (χ2v) is 10.6. The zero-order chi connectivity index (χ0) is 28.8. The first kappa shape index (κ1) is 27.0. The van der Waals surface area contributed by atoms with Crippen LogP contribution in [0.4, 0.5) is 17.2 Å². The Balaban J connectivity index is 1.63. The van der Waals surface area contributed by atoms with E-state index in [1.807, 2.05) is 37.3 Å². The maximum absolute atomic E-state index is 10.8. The summed E-state index contributed by atoms with van der Waals surface area (Å²) in [6.07, 6.45) is 0. The summed E-state index contributed by atoms with van der Waals surface area (Å²) in [5.41, 5.74) is 10.4. The number of rotatable bonds is 5. The van der Waals surface area contributed by atoms with E-state index in [0.717, 1.165) is 5.69 Å². The van der Waals surface area contributed by atoms with Gasteiger partial charge in [-0.25, -0.2) is 14.2 Å². The molecule has 3 N–H and O–H groups in total. The van der Waals surface area contributed by atoms with Gasteiger partial charge in [0.05, 0.1) is 39.0 Å². The van der Waals surface area contributed by atoms with Gasteiger partial charge in [-0.2, -0.15) is 10.2 Å². The highest BCUT2D eigenvalue weighted by Crippen LogP contribution is 2.42. The predicted molar refractivity (Wildman–Crippen MR) is 162 cm³/mol. The van der Waals surface area contributed by atoms with Crippen molar-refractivity contribution in [3.05, 3.63) is 98.7 Å². The van der Waals surface area contributed by atoms with Gasteiger partial charge in [0, 0.05) is 15.6 Å². The van der Waals surface area contributed by atoms with Crippen LogP contribution >= 0.6 is 46.4 Å². The molecule has 0 bridgehead atoms. The van der Waals surface area contributed by atoms with Crippen molar-refractivity contribution in [3.8, 4) is 34.0 Å². The largest absolute Gasteiger partial charge is 0.506 e. The molecule has 0 radical (unpaired) electrons. The number of phenolic OH excluding ortho intramolecular Hbond substituents is 1. The molecule has 13 heteroatoms. The summed E-state index contributed by atoms with van der Waals surface area (Å²) in [4.78, 5) is 4.74. The molecule has 0 unspecified atom stereocenters. The number of phenols is 1. The lowest BCUT2D eigenvalue weighted by Gasteiger charge is -2.11. The number of halogens is 4. The molecular formula is C28H18Cl4N8O. The first-order valence-electron chi connectivity index (χ1n) is 12.1. The fraction of sp³-hybridized carbons (Fsp3) is 0.0357. The molecule has 3 heterocycles. The van der Waals surface area contributed by atoms with Crippen LogP contribution in [0.1, 0.15) is 5.69 Å². The molecule has 3 aromatic heterocycles. The van der Waals surface area contributed by atoms with Crippen LogP contribution in [0.3, 0.4) is 0 Å². The second-order valence-electron chi connectivity index (χ2n) is 8.95. The molecule has 0 atom stereocenters. The van der Waals surface area contributed by atoms with Crippen LogP contribution in [-0.4, -0.2) is 29.5 Å². The average Bonchev–Trinajstić information content (AvgIpc) is 3.44. The number of azo groups is 1. The molecule has 0 saturated carbocycles. The van der Waals surface area contributed by atoms with Gasteiger partial charge >= 0.3 is 0 Å². The van der Waals surface area contributed by atoms with Crippen molar-refractivity contribution in [1.82, 2.24) is 24.4 Å². The zero-order valence-corrected chi connectivity index (χ0v) is 24.1. The Morgan fingerprint density at radius 2 is 1.59 bits per heavy atom. The molecule has 204 valence electrons. The monoisotopic (exact) mass is 622 g/mol. The molecule has 0 spiro atoms. The van der Waals surface area contributed by atoms with Crippen molar-refractivity contribution < 1.29 is 5.11 Å². The van der Waals surface area contributed by atoms with E-state index in [1.54, 1.807) is 41.1 Å². The fourth-order valence-corrected chi connectivity index (χ4v) is 5.33. The number of para-hydroxylation sites is 1. The number of nitrogens with two attached hydrogens (primary N) is 1. The van der Waals surface area contributed by atoms with Crippen molar-refractivity contribution in [2.24, 2.45) is 10.2 Å². The molecule has 0 amide bonds. The first-order chi connectivity index (χ1) is 19.7. The van der Waals surface area contributed by atoms with Crippen molar-refractivity contribution in [3.63, 3.8) is 0 Å². The Labute approximate surface area is 253 Å². The Bertz CT molecular complexity index is 1970. The molecule has 0 aliphatic rings. The van der Waals surface area contributed by atoms with Crippen molar-refractivity contribution in [2.75, 3.05) is 5.73 Å². The summed E-state index contributed by atoms with van der Waals surface area (Å²) in [6.45, 7) is 1.83. The van der Waals surface area contributed by atoms with Crippen LogP contribution in [0.25, 0.3) is 33.8 Å². The van der Waals surface area contributed by atoms with E-state index in [1.165, 1.54) is 10.6 Å². The number of nitrogen functional groups attached to an aromatic ring is 1. The average molecular weight is 624 g/mol. The molecule has 9 nitrogen and oxygen atoms in total. The highest BCUT2D eigenvalue weighted by Gasteiger charge is 2.25. The van der Waals surface area contributed by atoms with Crippen molar-refractivity contribution >= 4 is 69.2 Å². The Kier molecular flexibility index (Phi) is 7.04. The lowest BCUT2D eigenvalue weighted by molar-refractivity contribution is 0.477. The van der Waals surface area contributed by atoms with E-state index in [0.29, 0.717) is 43.5 Å². The summed E-state index contributed by atoms with van der Waals surface area (Å²) in [6, 6.07) is 21.0. The Morgan fingerprint density at radius 1 is 0.854 bits per heavy atom. The minimum Gasteiger partial charge on any atom is -0.506 e. The van der Waals surface area contributed by atoms with Gasteiger partial charge in [0.2, 0.25) is 0 Å². The number of aromatic nitrogens is 5. The van der Waals surface area contributed by atoms with Crippen LogP contribution in [0.15, 0.2) is 83.0 Å². The smallest absolute Gasteiger partial charge is 0.186 e. The van der Waals surface area contributed by atoms with Crippen LogP contribution in [0, 0.1) is 6.92 Å². The first-order valence-corrected chi connectivity index (χ1v) is 13.6. The molecule has 6 aromatic rings. The summed E-state index contributed by atoms with van der Waals surface area (Å²) in [5, 5.41) is 30.0. The number of fused-ring (bicyclic) bond motifs is 1. The standard InChI is InChI=1S/C28H18Cl4N8O/c1-14-23(26(32)39(37-14)18-5-3-2-4-6-18)22-13-21(19-11-16(30)12-20(31)25(19)41)34-28-24(27(33)38-40(22)28)36-35-17-9-7-15(29)8-10-17/h2-13,41H,1H3,(H2,33,38). The van der Waals surface area contributed by atoms with E-state index in [2.05, 4.69) is 20.4 Å². The normalized spacial score (nSPS) is 11.6. The SMILES string of the molecule is Cc1nn(-c2ccccc2)c(Cl)c1-c1cc(-c2cc(Cl)cc(Cl)c2O)nc2c(N=Nc3ccc(Cl)cc3)c(N)nn12. The predicted octanol–water partition coefficient (Wildman–Crippen LogP) is 8.87. The van der Waals surface area contributed by atoms with Gasteiger partial charge in [-0.3, -0.25) is 0 Å². The van der Waals surface area contributed by atoms with Crippen LogP contribution in [0.5, 0.6) is 5.75 Å². The molecular weight excluding hydrogens is 606 g/mol. The van der Waals surface area contributed by atoms with Gasteiger partial charge < -0.3 is 10.8 Å². The van der Waals surface area contributed by atoms with Crippen LogP contribution in [-0.2, 0) is 0 Å². The van der Waals surface area contributed by atoms with Crippen LogP contribution in [0.2, 0.25) is 20.2 Å². The van der Waals surface area contributed by atoms with Gasteiger partial charge in [0.25, 0.3) is 0 Å². The van der Waals surface area contributed by atoms with Crippen molar-refractivity contribution in [1.29, 1.82) is 0 Å². The minimum absolute atomic E-state index is 0.0671. The highest BCUT2D eigenvalue weighted by molar-refractivity contribution is 6.36. The van der Waals surface area contributed by atoms with E-state index in [4.69, 9.17) is 57.1 Å². The fourth-order valence-electron chi connectivity index (χ4n) is 4.34. The van der Waals surface area contributed by atoms with Gasteiger partial charge in [-0.1, -0.05) is 64.6 Å². The van der Waals surface area contributed by atoms with E-state index in [-0.39, 0.29) is 33.5 Å². The lowest BCUT2D eigenvalue weighted by atomic mass is 10.1. The number of nitrogens with zero attached hydrogens (tertiary/aromatic N) is 7. The molecule has 41 heavy (non-hydrogen) atoms. The topological polar surface area (TPSA) is 119 Å². The third-order valence-electron chi connectivity index (χ3n) is 6.25. The Morgan fingerprint density at radius 3 is 2.32 bits per heavy atom. The molecule has 0 aliphatic carbocycles. The van der Waals surface area contributed by atoms with E-state index in [9.17, 15) is 5.11 Å². The summed E-state index contributed by atoms with van der Waals surface area (Å²) < 4.78 is 3.14. The number of anilines is 1. The quantitative estimate of drug-likeness (QED) is 0.186. The molecule has 6 rings (SSSR count). The minimum atomic E-state index is -0.196. The molecule has 3 aromatic carbocycles. The van der Waals surface area contributed by atoms with E-state index >= 15 is 0 Å². The summed E-state index contributed by atoms with van der Waals surface area (Å²) in [7, 11) is 0. The van der Waals surface area contributed by atoms with Gasteiger partial charge in [-0.05, 0) is 61.5 Å². The van der Waals surface area contributed by atoms with Gasteiger partial charge in [0.1, 0.15) is 10.9 Å². The highest BCUT2D eigenvalue weighted by atomic mass is 35.5. The second kappa shape index (κ2) is 10.7. The maximum atomic E-state index is 10.8. The van der Waals surface area contributed by atoms with Gasteiger partial charge in [0.15, 0.2) is 17.2 Å². The summed E-state index contributed by atoms with van der Waals surface area (Å²) >= 11 is 25.5. The third kappa shape index (κ3) is 4.98. The van der Waals surface area contributed by atoms with Gasteiger partial charge in [-0.15, -0.1) is 10.2 Å². The number of benzene rings is 3. The van der Waals surface area contributed by atoms with Crippen LogP contribution < -0.4 is 5.73 Å². The molecule has 0 saturated heterocycles. The molecule has 0 aliphatic heterocycles. The number of aryl methyl sites for hydroxylation is 1. The zero-order valence-electron chi connectivity index (χ0n) is 21.1. The number of aromatic hydroxyl groups is 1.